The summed E-state index contributed by atoms with van der Waals surface area (Å²) in [6.45, 7) is 10.1. The number of hydrogen-bond donors (Lipinski definition) is 0. The molecule has 1 fully saturated rings. The van der Waals surface area contributed by atoms with Gasteiger partial charge in [0, 0.05) is 6.20 Å². The smallest absolute Gasteiger partial charge is 0.399 e. The molecule has 1 saturated heterocycles. The van der Waals surface area contributed by atoms with Crippen molar-refractivity contribution in [2.24, 2.45) is 0 Å². The molecule has 0 N–H and O–H groups in total. The molecule has 0 aliphatic carbocycles. The van der Waals surface area contributed by atoms with E-state index in [0.717, 1.165) is 20.2 Å². The predicted molar refractivity (Wildman–Crippen MR) is 87.4 cm³/mol. The van der Waals surface area contributed by atoms with Gasteiger partial charge in [0.1, 0.15) is 4.60 Å². The van der Waals surface area contributed by atoms with E-state index in [1.165, 1.54) is 11.3 Å². The maximum Gasteiger partial charge on any atom is 0.508 e. The van der Waals surface area contributed by atoms with Crippen LogP contribution in [0.1, 0.15) is 33.4 Å². The monoisotopic (exact) mass is 369 g/mol. The molecular formula is C13H17BBrN3O2S. The molecule has 0 bridgehead atoms. The third kappa shape index (κ3) is 2.58. The van der Waals surface area contributed by atoms with Crippen LogP contribution < -0.4 is 4.78 Å². The summed E-state index contributed by atoms with van der Waals surface area (Å²) in [6, 6.07) is 1.95. The minimum atomic E-state index is -0.410. The first-order valence-electron chi connectivity index (χ1n) is 6.74. The molecular weight excluding hydrogens is 353 g/mol. The summed E-state index contributed by atoms with van der Waals surface area (Å²) in [5.41, 5.74) is 0.242. The van der Waals surface area contributed by atoms with Crippen molar-refractivity contribution in [3.8, 4) is 5.13 Å². The Morgan fingerprint density at radius 2 is 1.86 bits per heavy atom. The van der Waals surface area contributed by atoms with Crippen molar-refractivity contribution in [2.75, 3.05) is 0 Å². The van der Waals surface area contributed by atoms with Gasteiger partial charge in [-0.3, -0.25) is 0 Å². The molecule has 0 spiro atoms. The molecule has 1 aliphatic rings. The highest BCUT2D eigenvalue weighted by molar-refractivity contribution is 9.10. The summed E-state index contributed by atoms with van der Waals surface area (Å²) >= 11 is 5.02. The quantitative estimate of drug-likeness (QED) is 0.763. The van der Waals surface area contributed by atoms with Crippen LogP contribution in [0.2, 0.25) is 0 Å². The number of aromatic nitrogens is 3. The minimum absolute atomic E-state index is 0.358. The number of rotatable bonds is 2. The molecule has 1 aliphatic heterocycles. The number of aryl methyl sites for hydroxylation is 1. The largest absolute Gasteiger partial charge is 0.508 e. The van der Waals surface area contributed by atoms with Crippen LogP contribution in [0.3, 0.4) is 0 Å². The van der Waals surface area contributed by atoms with Gasteiger partial charge in [0.2, 0.25) is 5.13 Å². The van der Waals surface area contributed by atoms with Gasteiger partial charge in [-0.05, 0) is 56.6 Å². The zero-order valence-corrected chi connectivity index (χ0v) is 15.1. The van der Waals surface area contributed by atoms with Crippen LogP contribution in [-0.4, -0.2) is 33.1 Å². The normalized spacial score (nSPS) is 20.2. The van der Waals surface area contributed by atoms with Crippen molar-refractivity contribution in [2.45, 2.75) is 45.8 Å². The van der Waals surface area contributed by atoms with E-state index in [1.807, 2.05) is 46.9 Å². The minimum Gasteiger partial charge on any atom is -0.399 e. The Hall–Kier alpha value is -0.695. The molecule has 2 aromatic heterocycles. The number of thiazole rings is 1. The Labute approximate surface area is 136 Å². The Balaban J connectivity index is 1.93. The number of halogens is 1. The Kier molecular flexibility index (Phi) is 3.55. The molecule has 0 saturated carbocycles. The zero-order valence-electron chi connectivity index (χ0n) is 12.7. The molecule has 3 heterocycles. The average molecular weight is 370 g/mol. The zero-order chi connectivity index (χ0) is 15.4. The van der Waals surface area contributed by atoms with Gasteiger partial charge < -0.3 is 9.31 Å². The second-order valence-electron chi connectivity index (χ2n) is 6.14. The van der Waals surface area contributed by atoms with Gasteiger partial charge in [-0.1, -0.05) is 0 Å². The third-order valence-corrected chi connectivity index (χ3v) is 5.92. The van der Waals surface area contributed by atoms with Crippen LogP contribution in [0.4, 0.5) is 0 Å². The molecule has 0 aromatic carbocycles. The van der Waals surface area contributed by atoms with Gasteiger partial charge >= 0.3 is 7.12 Å². The Bertz CT molecular complexity index is 667. The average Bonchev–Trinajstić information content (AvgIpc) is 2.98. The second-order valence-corrected chi connectivity index (χ2v) is 7.90. The van der Waals surface area contributed by atoms with E-state index in [0.29, 0.717) is 0 Å². The number of hydrogen-bond acceptors (Lipinski definition) is 5. The predicted octanol–water partition coefficient (Wildman–Crippen LogP) is 2.70. The topological polar surface area (TPSA) is 49.2 Å². The van der Waals surface area contributed by atoms with Crippen LogP contribution >= 0.6 is 27.3 Å². The summed E-state index contributed by atoms with van der Waals surface area (Å²) in [4.78, 5) is 4.51. The van der Waals surface area contributed by atoms with E-state index in [1.54, 1.807) is 4.68 Å². The highest BCUT2D eigenvalue weighted by Gasteiger charge is 2.53. The molecule has 3 rings (SSSR count). The van der Waals surface area contributed by atoms with Gasteiger partial charge in [0.25, 0.3) is 0 Å². The van der Waals surface area contributed by atoms with Gasteiger partial charge in [-0.25, -0.2) is 9.67 Å². The maximum atomic E-state index is 6.07. The molecule has 0 amide bonds. The lowest BCUT2D eigenvalue weighted by atomic mass is 9.89. The van der Waals surface area contributed by atoms with Gasteiger partial charge in [-0.2, -0.15) is 5.10 Å². The lowest BCUT2D eigenvalue weighted by Gasteiger charge is -2.32. The van der Waals surface area contributed by atoms with Crippen molar-refractivity contribution in [1.82, 2.24) is 14.8 Å². The van der Waals surface area contributed by atoms with Crippen LogP contribution in [0, 0.1) is 6.92 Å². The van der Waals surface area contributed by atoms with Crippen molar-refractivity contribution in [3.63, 3.8) is 0 Å². The fraction of sp³-hybridized carbons (Fsp3) is 0.538. The van der Waals surface area contributed by atoms with Gasteiger partial charge in [0.15, 0.2) is 0 Å². The van der Waals surface area contributed by atoms with E-state index in [9.17, 15) is 0 Å². The SMILES string of the molecule is Cc1ccn(-c2nc(Br)c(B3OC(C)(C)C(C)(C)O3)s2)n1. The summed E-state index contributed by atoms with van der Waals surface area (Å²) in [5, 5.41) is 5.17. The van der Waals surface area contributed by atoms with Crippen molar-refractivity contribution in [1.29, 1.82) is 0 Å². The first-order valence-corrected chi connectivity index (χ1v) is 8.35. The first-order chi connectivity index (χ1) is 9.69. The molecule has 8 heteroatoms. The van der Waals surface area contributed by atoms with Crippen molar-refractivity contribution < 1.29 is 9.31 Å². The summed E-state index contributed by atoms with van der Waals surface area (Å²) in [6.07, 6.45) is 1.90. The first kappa shape index (κ1) is 15.2. The molecule has 21 heavy (non-hydrogen) atoms. The van der Waals surface area contributed by atoms with Crippen LogP contribution in [0.15, 0.2) is 16.9 Å². The standard InChI is InChI=1S/C13H17BBrN3O2S/c1-8-6-7-18(17-8)11-16-10(15)9(21-11)14-19-12(2,3)13(4,5)20-14/h6-7H,1-5H3. The van der Waals surface area contributed by atoms with Gasteiger partial charge in [-0.15, -0.1) is 11.3 Å². The van der Waals surface area contributed by atoms with Crippen molar-refractivity contribution in [3.05, 3.63) is 22.6 Å². The fourth-order valence-corrected chi connectivity index (χ4v) is 3.58. The second kappa shape index (κ2) is 4.91. The molecule has 0 atom stereocenters. The van der Waals surface area contributed by atoms with E-state index < -0.39 is 7.12 Å². The summed E-state index contributed by atoms with van der Waals surface area (Å²) in [5.74, 6) is 0. The van der Waals surface area contributed by atoms with Crippen LogP contribution in [-0.2, 0) is 9.31 Å². The molecule has 112 valence electrons. The Morgan fingerprint density at radius 1 is 1.24 bits per heavy atom. The Morgan fingerprint density at radius 3 is 2.38 bits per heavy atom. The van der Waals surface area contributed by atoms with E-state index in [-0.39, 0.29) is 11.2 Å². The summed E-state index contributed by atoms with van der Waals surface area (Å²) in [7, 11) is -0.410. The van der Waals surface area contributed by atoms with Crippen LogP contribution in [0.25, 0.3) is 5.13 Å². The lowest BCUT2D eigenvalue weighted by molar-refractivity contribution is 0.00578. The third-order valence-electron chi connectivity index (χ3n) is 3.98. The molecule has 0 unspecified atom stereocenters. The lowest BCUT2D eigenvalue weighted by Crippen LogP contribution is -2.41. The highest BCUT2D eigenvalue weighted by Crippen LogP contribution is 2.37. The number of nitrogens with zero attached hydrogens (tertiary/aromatic N) is 3. The van der Waals surface area contributed by atoms with Crippen LogP contribution in [0.5, 0.6) is 0 Å². The van der Waals surface area contributed by atoms with E-state index in [4.69, 9.17) is 9.31 Å². The molecule has 0 radical (unpaired) electrons. The van der Waals surface area contributed by atoms with Gasteiger partial charge in [0.05, 0.1) is 21.7 Å². The maximum absolute atomic E-state index is 6.07. The van der Waals surface area contributed by atoms with Crippen molar-refractivity contribution >= 4 is 39.2 Å². The highest BCUT2D eigenvalue weighted by atomic mass is 79.9. The van der Waals surface area contributed by atoms with E-state index in [2.05, 4.69) is 26.0 Å². The molecule has 5 nitrogen and oxygen atoms in total. The van der Waals surface area contributed by atoms with E-state index >= 15 is 0 Å². The summed E-state index contributed by atoms with van der Waals surface area (Å²) < 4.78 is 15.6. The molecule has 2 aromatic rings. The fourth-order valence-electron chi connectivity index (χ4n) is 2.02.